The number of benzene rings is 1. The van der Waals surface area contributed by atoms with Crippen molar-refractivity contribution in [1.29, 1.82) is 5.26 Å². The summed E-state index contributed by atoms with van der Waals surface area (Å²) < 4.78 is 5.15. The normalized spacial score (nSPS) is 11.7. The first-order chi connectivity index (χ1) is 9.56. The van der Waals surface area contributed by atoms with Gasteiger partial charge < -0.3 is 4.74 Å². The largest absolute Gasteiger partial charge is 0.496 e. The van der Waals surface area contributed by atoms with Gasteiger partial charge in [0, 0.05) is 16.1 Å². The van der Waals surface area contributed by atoms with E-state index in [9.17, 15) is 10.1 Å². The van der Waals surface area contributed by atoms with Gasteiger partial charge in [0.15, 0.2) is 11.7 Å². The summed E-state index contributed by atoms with van der Waals surface area (Å²) in [6.45, 7) is 1.82. The van der Waals surface area contributed by atoms with Crippen LogP contribution in [-0.2, 0) is 0 Å². The number of thiazole rings is 1. The summed E-state index contributed by atoms with van der Waals surface area (Å²) in [5.41, 5.74) is 1.12. The van der Waals surface area contributed by atoms with Crippen molar-refractivity contribution in [2.24, 2.45) is 0 Å². The van der Waals surface area contributed by atoms with Crippen LogP contribution in [0.2, 0.25) is 5.02 Å². The molecule has 0 fully saturated rings. The molecular formula is C14H11ClN2O2S. The number of rotatable bonds is 4. The van der Waals surface area contributed by atoms with E-state index in [0.29, 0.717) is 21.3 Å². The first-order valence-electron chi connectivity index (χ1n) is 5.76. The van der Waals surface area contributed by atoms with Gasteiger partial charge in [-0.1, -0.05) is 11.6 Å². The Morgan fingerprint density at radius 2 is 2.30 bits per heavy atom. The molecule has 4 nitrogen and oxygen atoms in total. The van der Waals surface area contributed by atoms with Gasteiger partial charge in [-0.3, -0.25) is 4.79 Å². The molecule has 0 saturated heterocycles. The van der Waals surface area contributed by atoms with Crippen molar-refractivity contribution in [3.63, 3.8) is 0 Å². The van der Waals surface area contributed by atoms with Crippen LogP contribution in [0.15, 0.2) is 23.6 Å². The lowest BCUT2D eigenvalue weighted by atomic mass is 9.98. The van der Waals surface area contributed by atoms with E-state index >= 15 is 0 Å². The molecule has 102 valence electrons. The summed E-state index contributed by atoms with van der Waals surface area (Å²) in [5, 5.41) is 12.0. The number of nitrogens with zero attached hydrogens (tertiary/aromatic N) is 2. The van der Waals surface area contributed by atoms with Gasteiger partial charge in [0.1, 0.15) is 10.8 Å². The number of ether oxygens (including phenoxy) is 1. The monoisotopic (exact) mass is 306 g/mol. The van der Waals surface area contributed by atoms with E-state index in [1.165, 1.54) is 18.4 Å². The van der Waals surface area contributed by atoms with Crippen LogP contribution in [0, 0.1) is 18.3 Å². The number of hydrogen-bond donors (Lipinski definition) is 0. The zero-order chi connectivity index (χ0) is 14.7. The van der Waals surface area contributed by atoms with Gasteiger partial charge in [-0.25, -0.2) is 4.98 Å². The van der Waals surface area contributed by atoms with E-state index in [2.05, 4.69) is 4.98 Å². The Morgan fingerprint density at radius 1 is 1.55 bits per heavy atom. The number of methoxy groups -OCH3 is 1. The molecule has 0 bridgehead atoms. The predicted molar refractivity (Wildman–Crippen MR) is 77.5 cm³/mol. The lowest BCUT2D eigenvalue weighted by molar-refractivity contribution is 0.0976. The molecule has 0 aliphatic rings. The van der Waals surface area contributed by atoms with Gasteiger partial charge in [0.05, 0.1) is 18.7 Å². The number of ketones is 1. The third-order valence-electron chi connectivity index (χ3n) is 2.70. The highest BCUT2D eigenvalue weighted by Crippen LogP contribution is 2.30. The number of Topliss-reactive ketones (excluding diaryl/α,β-unsaturated/α-hetero) is 1. The second-order valence-corrected chi connectivity index (χ2v) is 5.42. The first kappa shape index (κ1) is 14.5. The maximum Gasteiger partial charge on any atom is 0.190 e. The molecule has 0 radical (unpaired) electrons. The summed E-state index contributed by atoms with van der Waals surface area (Å²) >= 11 is 7.17. The SMILES string of the molecule is COc1cc(Cl)ccc1C(=O)[C@@H](C#N)c1nc(C)cs1. The number of carbonyl (C=O) groups is 1. The minimum absolute atomic E-state index is 0.330. The molecule has 20 heavy (non-hydrogen) atoms. The van der Waals surface area contributed by atoms with Crippen LogP contribution < -0.4 is 4.74 Å². The van der Waals surface area contributed by atoms with Gasteiger partial charge in [0.25, 0.3) is 0 Å². The van der Waals surface area contributed by atoms with E-state index in [1.54, 1.807) is 18.2 Å². The number of halogens is 1. The van der Waals surface area contributed by atoms with Crippen molar-refractivity contribution in [3.8, 4) is 11.8 Å². The third kappa shape index (κ3) is 2.82. The molecule has 1 aromatic heterocycles. The summed E-state index contributed by atoms with van der Waals surface area (Å²) in [6.07, 6.45) is 0. The second-order valence-electron chi connectivity index (χ2n) is 4.10. The first-order valence-corrected chi connectivity index (χ1v) is 7.02. The van der Waals surface area contributed by atoms with Gasteiger partial charge in [-0.2, -0.15) is 5.26 Å². The van der Waals surface area contributed by atoms with Crippen LogP contribution in [0.3, 0.4) is 0 Å². The van der Waals surface area contributed by atoms with Gasteiger partial charge in [0.2, 0.25) is 0 Å². The van der Waals surface area contributed by atoms with Crippen molar-refractivity contribution in [2.75, 3.05) is 7.11 Å². The number of aromatic nitrogens is 1. The molecule has 1 aromatic carbocycles. The Labute approximate surface area is 125 Å². The van der Waals surface area contributed by atoms with Crippen molar-refractivity contribution in [2.45, 2.75) is 12.8 Å². The predicted octanol–water partition coefficient (Wildman–Crippen LogP) is 3.60. The maximum atomic E-state index is 12.5. The van der Waals surface area contributed by atoms with Gasteiger partial charge >= 0.3 is 0 Å². The minimum Gasteiger partial charge on any atom is -0.496 e. The molecule has 0 unspecified atom stereocenters. The quantitative estimate of drug-likeness (QED) is 0.810. The Hall–Kier alpha value is -1.90. The summed E-state index contributed by atoms with van der Waals surface area (Å²) in [5.74, 6) is -0.907. The molecule has 2 rings (SSSR count). The van der Waals surface area contributed by atoms with Crippen LogP contribution in [-0.4, -0.2) is 17.9 Å². The second kappa shape index (κ2) is 6.04. The molecule has 0 aliphatic heterocycles. The lowest BCUT2D eigenvalue weighted by Gasteiger charge is -2.10. The van der Waals surface area contributed by atoms with E-state index in [0.717, 1.165) is 5.69 Å². The van der Waals surface area contributed by atoms with Gasteiger partial charge in [-0.05, 0) is 25.1 Å². The van der Waals surface area contributed by atoms with Crippen molar-refractivity contribution in [3.05, 3.63) is 44.9 Å². The van der Waals surface area contributed by atoms with E-state index in [1.807, 2.05) is 18.4 Å². The maximum absolute atomic E-state index is 12.5. The Morgan fingerprint density at radius 3 is 2.85 bits per heavy atom. The van der Waals surface area contributed by atoms with Crippen LogP contribution in [0.4, 0.5) is 0 Å². The smallest absolute Gasteiger partial charge is 0.190 e. The average molecular weight is 307 g/mol. The fourth-order valence-electron chi connectivity index (χ4n) is 1.75. The van der Waals surface area contributed by atoms with Crippen molar-refractivity contribution < 1.29 is 9.53 Å². The summed E-state index contributed by atoms with van der Waals surface area (Å²) in [7, 11) is 1.46. The summed E-state index contributed by atoms with van der Waals surface area (Å²) in [6, 6.07) is 6.72. The van der Waals surface area contributed by atoms with Crippen LogP contribution >= 0.6 is 22.9 Å². The number of carbonyl (C=O) groups excluding carboxylic acids is 1. The standard InChI is InChI=1S/C14H11ClN2O2S/c1-8-7-20-14(17-8)11(6-16)13(18)10-4-3-9(15)5-12(10)19-2/h3-5,7,11H,1-2H3/t11-/m1/s1. The Bertz CT molecular complexity index is 691. The lowest BCUT2D eigenvalue weighted by Crippen LogP contribution is -2.12. The topological polar surface area (TPSA) is 63.0 Å². The molecule has 1 atom stereocenters. The molecule has 1 heterocycles. The van der Waals surface area contributed by atoms with E-state index < -0.39 is 5.92 Å². The Balaban J connectivity index is 2.42. The minimum atomic E-state index is -0.927. The molecule has 0 N–H and O–H groups in total. The van der Waals surface area contributed by atoms with Crippen molar-refractivity contribution >= 4 is 28.7 Å². The number of nitriles is 1. The summed E-state index contributed by atoms with van der Waals surface area (Å²) in [4.78, 5) is 16.7. The zero-order valence-electron chi connectivity index (χ0n) is 10.9. The fourth-order valence-corrected chi connectivity index (χ4v) is 2.75. The molecule has 0 amide bonds. The highest BCUT2D eigenvalue weighted by Gasteiger charge is 2.27. The average Bonchev–Trinajstić information content (AvgIpc) is 2.85. The fraction of sp³-hybridized carbons (Fsp3) is 0.214. The molecule has 0 saturated carbocycles. The van der Waals surface area contributed by atoms with Gasteiger partial charge in [-0.15, -0.1) is 11.3 Å². The van der Waals surface area contributed by atoms with Crippen molar-refractivity contribution in [1.82, 2.24) is 4.98 Å². The molecule has 6 heteroatoms. The van der Waals surface area contributed by atoms with E-state index in [-0.39, 0.29) is 5.78 Å². The number of hydrogen-bond acceptors (Lipinski definition) is 5. The Kier molecular flexibility index (Phi) is 4.38. The number of aryl methyl sites for hydroxylation is 1. The van der Waals surface area contributed by atoms with Crippen LogP contribution in [0.25, 0.3) is 0 Å². The molecular weight excluding hydrogens is 296 g/mol. The zero-order valence-corrected chi connectivity index (χ0v) is 12.5. The molecule has 0 aliphatic carbocycles. The molecule has 2 aromatic rings. The third-order valence-corrected chi connectivity index (χ3v) is 3.97. The van der Waals surface area contributed by atoms with Crippen LogP contribution in [0.1, 0.15) is 27.0 Å². The highest BCUT2D eigenvalue weighted by atomic mass is 35.5. The highest BCUT2D eigenvalue weighted by molar-refractivity contribution is 7.10. The van der Waals surface area contributed by atoms with E-state index in [4.69, 9.17) is 16.3 Å². The van der Waals surface area contributed by atoms with Crippen LogP contribution in [0.5, 0.6) is 5.75 Å². The molecule has 0 spiro atoms.